The van der Waals surface area contributed by atoms with Gasteiger partial charge in [0, 0.05) is 0 Å². The molecule has 2 aromatic rings. The summed E-state index contributed by atoms with van der Waals surface area (Å²) in [6.07, 6.45) is 0. The van der Waals surface area contributed by atoms with Crippen LogP contribution in [0.15, 0.2) is 48.5 Å². The first-order chi connectivity index (χ1) is 9.06. The molecule has 98 valence electrons. The van der Waals surface area contributed by atoms with Crippen LogP contribution in [0.1, 0.15) is 17.2 Å². The molecule has 0 aliphatic rings. The summed E-state index contributed by atoms with van der Waals surface area (Å²) in [5.41, 5.74) is 7.08. The molecule has 0 heterocycles. The molecule has 0 saturated carbocycles. The number of nitrogens with one attached hydrogen (secondary N) is 1. The van der Waals surface area contributed by atoms with Gasteiger partial charge in [-0.15, -0.1) is 0 Å². The van der Waals surface area contributed by atoms with Crippen molar-refractivity contribution in [1.82, 2.24) is 5.32 Å². The molecule has 0 amide bonds. The summed E-state index contributed by atoms with van der Waals surface area (Å²) < 4.78 is 25.9. The highest BCUT2D eigenvalue weighted by atomic mass is 32.1. The number of hydrogen-bond acceptors (Lipinski definition) is 1. The van der Waals surface area contributed by atoms with Crippen molar-refractivity contribution in [3.05, 3.63) is 71.3 Å². The van der Waals surface area contributed by atoms with Crippen LogP contribution < -0.4 is 11.1 Å². The molecule has 2 rings (SSSR count). The molecule has 0 spiro atoms. The number of thiocarbonyl (C=S) groups is 1. The summed E-state index contributed by atoms with van der Waals surface area (Å²) in [6, 6.07) is 11.6. The highest BCUT2D eigenvalue weighted by Crippen LogP contribution is 2.22. The van der Waals surface area contributed by atoms with Gasteiger partial charge in [0.15, 0.2) is 5.11 Å². The normalized spacial score (nSPS) is 10.5. The average Bonchev–Trinajstić information content (AvgIpc) is 2.38. The highest BCUT2D eigenvalue weighted by molar-refractivity contribution is 7.80. The summed E-state index contributed by atoms with van der Waals surface area (Å²) in [5.74, 6) is -0.645. The molecule has 0 aliphatic heterocycles. The van der Waals surface area contributed by atoms with Gasteiger partial charge in [0.2, 0.25) is 0 Å². The molecular formula is C14H12F2N2S. The van der Waals surface area contributed by atoms with Gasteiger partial charge in [0.1, 0.15) is 11.6 Å². The van der Waals surface area contributed by atoms with Crippen molar-refractivity contribution in [1.29, 1.82) is 0 Å². The van der Waals surface area contributed by atoms with Crippen LogP contribution in [0.5, 0.6) is 0 Å². The first-order valence-corrected chi connectivity index (χ1v) is 6.04. The highest BCUT2D eigenvalue weighted by Gasteiger charge is 2.14. The van der Waals surface area contributed by atoms with Crippen molar-refractivity contribution in [3.63, 3.8) is 0 Å². The maximum Gasteiger partial charge on any atom is 0.164 e. The van der Waals surface area contributed by atoms with Gasteiger partial charge in [0.05, 0.1) is 6.04 Å². The van der Waals surface area contributed by atoms with E-state index in [1.54, 1.807) is 24.3 Å². The zero-order valence-corrected chi connectivity index (χ0v) is 10.8. The van der Waals surface area contributed by atoms with Gasteiger partial charge in [-0.25, -0.2) is 8.78 Å². The van der Waals surface area contributed by atoms with Crippen molar-refractivity contribution < 1.29 is 8.78 Å². The van der Waals surface area contributed by atoms with Crippen LogP contribution in [0.2, 0.25) is 0 Å². The third kappa shape index (κ3) is 3.48. The number of hydrogen-bond donors (Lipinski definition) is 2. The van der Waals surface area contributed by atoms with Crippen LogP contribution in [-0.4, -0.2) is 5.11 Å². The number of halogens is 2. The Bertz CT molecular complexity index is 522. The Hall–Kier alpha value is -2.01. The van der Waals surface area contributed by atoms with Crippen LogP contribution in [0, 0.1) is 11.6 Å². The van der Waals surface area contributed by atoms with Gasteiger partial charge in [-0.1, -0.05) is 24.3 Å². The van der Waals surface area contributed by atoms with Gasteiger partial charge < -0.3 is 11.1 Å². The number of benzene rings is 2. The summed E-state index contributed by atoms with van der Waals surface area (Å²) in [7, 11) is 0. The second kappa shape index (κ2) is 5.75. The monoisotopic (exact) mass is 278 g/mol. The minimum atomic E-state index is -0.335. The van der Waals surface area contributed by atoms with Gasteiger partial charge >= 0.3 is 0 Å². The second-order valence-electron chi connectivity index (χ2n) is 4.04. The number of rotatable bonds is 3. The Labute approximate surface area is 115 Å². The Morgan fingerprint density at radius 2 is 1.26 bits per heavy atom. The van der Waals surface area contributed by atoms with Crippen LogP contribution in [0.25, 0.3) is 0 Å². The van der Waals surface area contributed by atoms with Crippen molar-refractivity contribution in [2.24, 2.45) is 5.73 Å². The minimum Gasteiger partial charge on any atom is -0.376 e. The molecule has 0 fully saturated rings. The first-order valence-electron chi connectivity index (χ1n) is 5.63. The molecule has 0 radical (unpaired) electrons. The Morgan fingerprint density at radius 3 is 1.58 bits per heavy atom. The molecular weight excluding hydrogens is 266 g/mol. The van der Waals surface area contributed by atoms with E-state index in [0.717, 1.165) is 11.1 Å². The fourth-order valence-corrected chi connectivity index (χ4v) is 1.93. The molecule has 3 N–H and O–H groups in total. The van der Waals surface area contributed by atoms with E-state index < -0.39 is 0 Å². The van der Waals surface area contributed by atoms with E-state index in [1.807, 2.05) is 0 Å². The average molecular weight is 278 g/mol. The number of nitrogens with two attached hydrogens (primary N) is 1. The predicted octanol–water partition coefficient (Wildman–Crippen LogP) is 2.89. The Kier molecular flexibility index (Phi) is 4.06. The first kappa shape index (κ1) is 13.4. The van der Waals surface area contributed by atoms with Crippen molar-refractivity contribution in [2.45, 2.75) is 6.04 Å². The maximum absolute atomic E-state index is 12.9. The van der Waals surface area contributed by atoms with Crippen LogP contribution in [-0.2, 0) is 0 Å². The van der Waals surface area contributed by atoms with Gasteiger partial charge in [-0.3, -0.25) is 0 Å². The molecule has 2 nitrogen and oxygen atoms in total. The van der Waals surface area contributed by atoms with E-state index in [-0.39, 0.29) is 22.8 Å². The molecule has 2 aromatic carbocycles. The molecule has 0 atom stereocenters. The lowest BCUT2D eigenvalue weighted by Gasteiger charge is -2.19. The van der Waals surface area contributed by atoms with Crippen molar-refractivity contribution in [3.8, 4) is 0 Å². The van der Waals surface area contributed by atoms with E-state index in [9.17, 15) is 8.78 Å². The fourth-order valence-electron chi connectivity index (χ4n) is 1.81. The molecule has 0 saturated heterocycles. The van der Waals surface area contributed by atoms with Crippen LogP contribution >= 0.6 is 12.2 Å². The predicted molar refractivity (Wildman–Crippen MR) is 74.6 cm³/mol. The van der Waals surface area contributed by atoms with Crippen molar-refractivity contribution in [2.75, 3.05) is 0 Å². The molecule has 19 heavy (non-hydrogen) atoms. The lowest BCUT2D eigenvalue weighted by molar-refractivity contribution is 0.623. The third-order valence-electron chi connectivity index (χ3n) is 2.69. The van der Waals surface area contributed by atoms with E-state index in [2.05, 4.69) is 5.32 Å². The summed E-state index contributed by atoms with van der Waals surface area (Å²) in [4.78, 5) is 0. The van der Waals surface area contributed by atoms with E-state index in [4.69, 9.17) is 18.0 Å². The lowest BCUT2D eigenvalue weighted by atomic mass is 9.99. The minimum absolute atomic E-state index is 0.124. The zero-order valence-electron chi connectivity index (χ0n) is 9.94. The zero-order chi connectivity index (χ0) is 13.8. The molecule has 0 aliphatic carbocycles. The SMILES string of the molecule is NC(=S)NC(c1ccc(F)cc1)c1ccc(F)cc1. The summed E-state index contributed by atoms with van der Waals surface area (Å²) in [6.45, 7) is 0. The summed E-state index contributed by atoms with van der Waals surface area (Å²) >= 11 is 4.84. The summed E-state index contributed by atoms with van der Waals surface area (Å²) in [5, 5.41) is 3.04. The molecule has 0 aromatic heterocycles. The van der Waals surface area contributed by atoms with Crippen molar-refractivity contribution >= 4 is 17.3 Å². The lowest BCUT2D eigenvalue weighted by Crippen LogP contribution is -2.33. The largest absolute Gasteiger partial charge is 0.376 e. The molecule has 0 unspecified atom stereocenters. The topological polar surface area (TPSA) is 38.0 Å². The fraction of sp³-hybridized carbons (Fsp3) is 0.0714. The molecule has 5 heteroatoms. The Balaban J connectivity index is 2.37. The van der Waals surface area contributed by atoms with Gasteiger partial charge in [-0.05, 0) is 47.6 Å². The standard InChI is InChI=1S/C14H12F2N2S/c15-11-5-1-9(2-6-11)13(18-14(17)19)10-3-7-12(16)8-4-10/h1-8,13H,(H3,17,18,19). The van der Waals surface area contributed by atoms with Crippen LogP contribution in [0.4, 0.5) is 8.78 Å². The van der Waals surface area contributed by atoms with Crippen LogP contribution in [0.3, 0.4) is 0 Å². The van der Waals surface area contributed by atoms with E-state index in [1.165, 1.54) is 24.3 Å². The third-order valence-corrected chi connectivity index (χ3v) is 2.81. The van der Waals surface area contributed by atoms with E-state index >= 15 is 0 Å². The van der Waals surface area contributed by atoms with E-state index in [0.29, 0.717) is 0 Å². The Morgan fingerprint density at radius 1 is 0.895 bits per heavy atom. The smallest absolute Gasteiger partial charge is 0.164 e. The second-order valence-corrected chi connectivity index (χ2v) is 4.48. The maximum atomic E-state index is 12.9. The quantitative estimate of drug-likeness (QED) is 0.848. The van der Waals surface area contributed by atoms with Gasteiger partial charge in [0.25, 0.3) is 0 Å². The molecule has 0 bridgehead atoms. The van der Waals surface area contributed by atoms with Gasteiger partial charge in [-0.2, -0.15) is 0 Å².